The normalized spacial score (nSPS) is 34.7. The summed E-state index contributed by atoms with van der Waals surface area (Å²) in [6.45, 7) is 4.84. The van der Waals surface area contributed by atoms with Crippen molar-refractivity contribution in [3.63, 3.8) is 0 Å². The Bertz CT molecular complexity index is 492. The fourth-order valence-electron chi connectivity index (χ4n) is 5.10. The SMILES string of the molecule is CCCN1CCCC2CC3=C(CCCC3OC(=O)C3CC3)CC21. The number of carbonyl (C=O) groups is 1. The Morgan fingerprint density at radius 2 is 2.04 bits per heavy atom. The Hall–Kier alpha value is -0.830. The molecule has 0 bridgehead atoms. The molecule has 0 aromatic heterocycles. The van der Waals surface area contributed by atoms with Crippen LogP contribution < -0.4 is 0 Å². The van der Waals surface area contributed by atoms with E-state index < -0.39 is 0 Å². The minimum absolute atomic E-state index is 0.0853. The van der Waals surface area contributed by atoms with Crippen LogP contribution in [0.1, 0.15) is 71.1 Å². The number of piperidine rings is 1. The summed E-state index contributed by atoms with van der Waals surface area (Å²) >= 11 is 0. The summed E-state index contributed by atoms with van der Waals surface area (Å²) in [5.74, 6) is 1.11. The lowest BCUT2D eigenvalue weighted by Gasteiger charge is -2.47. The molecule has 0 spiro atoms. The zero-order chi connectivity index (χ0) is 15.8. The molecule has 0 aromatic carbocycles. The van der Waals surface area contributed by atoms with Gasteiger partial charge >= 0.3 is 5.97 Å². The van der Waals surface area contributed by atoms with Crippen LogP contribution >= 0.6 is 0 Å². The lowest BCUT2D eigenvalue weighted by molar-refractivity contribution is -0.149. The molecular formula is C20H31NO2. The van der Waals surface area contributed by atoms with Crippen molar-refractivity contribution >= 4 is 5.97 Å². The molecule has 128 valence electrons. The molecule has 3 atom stereocenters. The van der Waals surface area contributed by atoms with Crippen LogP contribution in [0.4, 0.5) is 0 Å². The highest BCUT2D eigenvalue weighted by Gasteiger charge is 2.41. The van der Waals surface area contributed by atoms with Crippen molar-refractivity contribution in [2.45, 2.75) is 83.3 Å². The molecule has 23 heavy (non-hydrogen) atoms. The Labute approximate surface area is 140 Å². The van der Waals surface area contributed by atoms with Crippen LogP contribution in [0.3, 0.4) is 0 Å². The molecule has 0 radical (unpaired) electrons. The van der Waals surface area contributed by atoms with Gasteiger partial charge in [0.25, 0.3) is 0 Å². The van der Waals surface area contributed by atoms with Gasteiger partial charge in [-0.3, -0.25) is 9.69 Å². The van der Waals surface area contributed by atoms with E-state index in [1.807, 2.05) is 0 Å². The Kier molecular flexibility index (Phi) is 4.49. The molecule has 0 aromatic rings. The average molecular weight is 317 g/mol. The second-order valence-electron chi connectivity index (χ2n) is 8.13. The van der Waals surface area contributed by atoms with Crippen LogP contribution in [-0.4, -0.2) is 36.1 Å². The monoisotopic (exact) mass is 317 g/mol. The molecule has 2 fully saturated rings. The van der Waals surface area contributed by atoms with E-state index in [4.69, 9.17) is 4.74 Å². The average Bonchev–Trinajstić information content (AvgIpc) is 3.39. The summed E-state index contributed by atoms with van der Waals surface area (Å²) in [5.41, 5.74) is 3.18. The third-order valence-corrected chi connectivity index (χ3v) is 6.44. The van der Waals surface area contributed by atoms with Gasteiger partial charge in [0.05, 0.1) is 5.92 Å². The number of likely N-dealkylation sites (tertiary alicyclic amines) is 1. The van der Waals surface area contributed by atoms with Crippen molar-refractivity contribution in [2.24, 2.45) is 11.8 Å². The molecule has 0 N–H and O–H groups in total. The van der Waals surface area contributed by atoms with Crippen LogP contribution in [0.25, 0.3) is 0 Å². The summed E-state index contributed by atoms with van der Waals surface area (Å²) in [6.07, 6.45) is 12.1. The van der Waals surface area contributed by atoms with Crippen LogP contribution in [-0.2, 0) is 9.53 Å². The minimum atomic E-state index is 0.0853. The predicted octanol–water partition coefficient (Wildman–Crippen LogP) is 4.07. The topological polar surface area (TPSA) is 29.5 Å². The van der Waals surface area contributed by atoms with E-state index in [-0.39, 0.29) is 18.0 Å². The lowest BCUT2D eigenvalue weighted by atomic mass is 9.70. The standard InChI is InChI=1S/C20H31NO2/c1-2-10-21-11-4-6-16-12-17-15(13-18(16)21)5-3-7-19(17)23-20(22)14-8-9-14/h14,16,18-19H,2-13H2,1H3. The fraction of sp³-hybridized carbons (Fsp3) is 0.850. The van der Waals surface area contributed by atoms with Gasteiger partial charge < -0.3 is 4.74 Å². The molecule has 1 heterocycles. The number of rotatable bonds is 4. The summed E-state index contributed by atoms with van der Waals surface area (Å²) in [6, 6.07) is 0.764. The van der Waals surface area contributed by atoms with E-state index >= 15 is 0 Å². The molecule has 3 unspecified atom stereocenters. The quantitative estimate of drug-likeness (QED) is 0.578. The van der Waals surface area contributed by atoms with E-state index in [0.29, 0.717) is 0 Å². The highest BCUT2D eigenvalue weighted by Crippen LogP contribution is 2.45. The molecule has 0 amide bonds. The van der Waals surface area contributed by atoms with Crippen molar-refractivity contribution in [1.82, 2.24) is 4.90 Å². The van der Waals surface area contributed by atoms with Gasteiger partial charge in [-0.05, 0) is 88.8 Å². The first-order chi connectivity index (χ1) is 11.3. The molecule has 3 heteroatoms. The van der Waals surface area contributed by atoms with Crippen LogP contribution in [0.15, 0.2) is 11.1 Å². The Morgan fingerprint density at radius 1 is 1.17 bits per heavy atom. The van der Waals surface area contributed by atoms with Crippen LogP contribution in [0.2, 0.25) is 0 Å². The molecule has 1 aliphatic heterocycles. The number of nitrogens with zero attached hydrogens (tertiary/aromatic N) is 1. The Morgan fingerprint density at radius 3 is 2.83 bits per heavy atom. The third-order valence-electron chi connectivity index (χ3n) is 6.44. The maximum atomic E-state index is 12.1. The second-order valence-corrected chi connectivity index (χ2v) is 8.13. The van der Waals surface area contributed by atoms with Crippen molar-refractivity contribution < 1.29 is 9.53 Å². The highest BCUT2D eigenvalue weighted by molar-refractivity contribution is 5.75. The van der Waals surface area contributed by atoms with Gasteiger partial charge in [-0.2, -0.15) is 0 Å². The van der Waals surface area contributed by atoms with Gasteiger partial charge in [-0.25, -0.2) is 0 Å². The van der Waals surface area contributed by atoms with Crippen molar-refractivity contribution in [3.05, 3.63) is 11.1 Å². The van der Waals surface area contributed by atoms with E-state index in [1.165, 1.54) is 63.6 Å². The first kappa shape index (κ1) is 15.7. The van der Waals surface area contributed by atoms with Crippen molar-refractivity contribution in [3.8, 4) is 0 Å². The maximum absolute atomic E-state index is 12.1. The van der Waals surface area contributed by atoms with Gasteiger partial charge in [-0.15, -0.1) is 0 Å². The largest absolute Gasteiger partial charge is 0.458 e. The smallest absolute Gasteiger partial charge is 0.309 e. The number of ether oxygens (including phenoxy) is 1. The first-order valence-electron chi connectivity index (χ1n) is 9.91. The zero-order valence-electron chi connectivity index (χ0n) is 14.6. The van der Waals surface area contributed by atoms with Gasteiger partial charge in [0, 0.05) is 6.04 Å². The maximum Gasteiger partial charge on any atom is 0.309 e. The molecule has 3 nitrogen and oxygen atoms in total. The molecule has 1 saturated heterocycles. The van der Waals surface area contributed by atoms with E-state index in [0.717, 1.165) is 31.2 Å². The fourth-order valence-corrected chi connectivity index (χ4v) is 5.10. The number of fused-ring (bicyclic) bond motifs is 1. The van der Waals surface area contributed by atoms with Crippen LogP contribution in [0.5, 0.6) is 0 Å². The summed E-state index contributed by atoms with van der Waals surface area (Å²) in [5, 5.41) is 0. The van der Waals surface area contributed by atoms with Gasteiger partial charge in [-0.1, -0.05) is 12.5 Å². The zero-order valence-corrected chi connectivity index (χ0v) is 14.6. The van der Waals surface area contributed by atoms with E-state index in [9.17, 15) is 4.79 Å². The summed E-state index contributed by atoms with van der Waals surface area (Å²) in [4.78, 5) is 14.9. The number of hydrogen-bond donors (Lipinski definition) is 0. The molecular weight excluding hydrogens is 286 g/mol. The Balaban J connectivity index is 1.50. The van der Waals surface area contributed by atoms with Gasteiger partial charge in [0.2, 0.25) is 0 Å². The minimum Gasteiger partial charge on any atom is -0.458 e. The van der Waals surface area contributed by atoms with Gasteiger partial charge in [0.15, 0.2) is 0 Å². The number of esters is 1. The lowest BCUT2D eigenvalue weighted by Crippen LogP contribution is -2.48. The third kappa shape index (κ3) is 3.22. The molecule has 1 saturated carbocycles. The molecule has 4 rings (SSSR count). The highest BCUT2D eigenvalue weighted by atomic mass is 16.5. The van der Waals surface area contributed by atoms with E-state index in [1.54, 1.807) is 5.57 Å². The summed E-state index contributed by atoms with van der Waals surface area (Å²) in [7, 11) is 0. The predicted molar refractivity (Wildman–Crippen MR) is 91.1 cm³/mol. The second kappa shape index (κ2) is 6.58. The first-order valence-corrected chi connectivity index (χ1v) is 9.91. The van der Waals surface area contributed by atoms with Gasteiger partial charge in [0.1, 0.15) is 6.10 Å². The van der Waals surface area contributed by atoms with E-state index in [2.05, 4.69) is 11.8 Å². The van der Waals surface area contributed by atoms with Crippen molar-refractivity contribution in [2.75, 3.05) is 13.1 Å². The number of carbonyl (C=O) groups excluding carboxylic acids is 1. The molecule has 3 aliphatic carbocycles. The van der Waals surface area contributed by atoms with Crippen molar-refractivity contribution in [1.29, 1.82) is 0 Å². The number of hydrogen-bond acceptors (Lipinski definition) is 3. The van der Waals surface area contributed by atoms with Crippen LogP contribution in [0, 0.1) is 11.8 Å². The summed E-state index contributed by atoms with van der Waals surface area (Å²) < 4.78 is 5.93. The molecule has 4 aliphatic rings.